The largest absolute Gasteiger partial charge is 0.333 e. The van der Waals surface area contributed by atoms with Gasteiger partial charge in [-0.15, -0.1) is 10.2 Å². The van der Waals surface area contributed by atoms with Crippen LogP contribution in [-0.4, -0.2) is 26.3 Å². The predicted molar refractivity (Wildman–Crippen MR) is 79.2 cm³/mol. The lowest BCUT2D eigenvalue weighted by Crippen LogP contribution is -2.50. The third-order valence-electron chi connectivity index (χ3n) is 2.91. The maximum atomic E-state index is 12.1. The van der Waals surface area contributed by atoms with Gasteiger partial charge in [-0.2, -0.15) is 0 Å². The highest BCUT2D eigenvalue weighted by Crippen LogP contribution is 2.26. The number of carbonyl (C=O) groups is 1. The zero-order valence-corrected chi connectivity index (χ0v) is 13.6. The number of hydrogen-bond acceptors (Lipinski definition) is 3. The summed E-state index contributed by atoms with van der Waals surface area (Å²) >= 11 is 0. The van der Waals surface area contributed by atoms with Gasteiger partial charge < -0.3 is 15.2 Å². The first-order valence-electron chi connectivity index (χ1n) is 6.93. The van der Waals surface area contributed by atoms with Crippen LogP contribution in [-0.2, 0) is 7.05 Å². The van der Waals surface area contributed by atoms with Crippen molar-refractivity contribution in [2.24, 2.45) is 12.5 Å². The molecule has 1 rings (SSSR count). The number of amides is 2. The van der Waals surface area contributed by atoms with E-state index in [2.05, 4.69) is 41.6 Å². The second kappa shape index (κ2) is 5.81. The topological polar surface area (TPSA) is 71.8 Å². The van der Waals surface area contributed by atoms with Crippen LogP contribution < -0.4 is 10.6 Å². The molecule has 0 aliphatic rings. The molecule has 0 aliphatic carbocycles. The number of nitrogens with zero attached hydrogens (tertiary/aromatic N) is 3. The molecule has 0 fully saturated rings. The molecule has 20 heavy (non-hydrogen) atoms. The van der Waals surface area contributed by atoms with Crippen LogP contribution in [0.15, 0.2) is 6.33 Å². The maximum Gasteiger partial charge on any atom is 0.315 e. The number of aryl methyl sites for hydroxylation is 1. The Morgan fingerprint density at radius 2 is 1.95 bits per heavy atom. The maximum absolute atomic E-state index is 12.1. The van der Waals surface area contributed by atoms with Crippen molar-refractivity contribution in [3.8, 4) is 0 Å². The highest BCUT2D eigenvalue weighted by atomic mass is 16.2. The van der Waals surface area contributed by atoms with Crippen molar-refractivity contribution in [1.29, 1.82) is 0 Å². The summed E-state index contributed by atoms with van der Waals surface area (Å²) in [6.07, 6.45) is 2.51. The van der Waals surface area contributed by atoms with E-state index >= 15 is 0 Å². The van der Waals surface area contributed by atoms with E-state index in [1.807, 2.05) is 27.8 Å². The van der Waals surface area contributed by atoms with Crippen LogP contribution in [0.25, 0.3) is 0 Å². The minimum atomic E-state index is -0.262. The molecule has 6 nitrogen and oxygen atoms in total. The zero-order valence-electron chi connectivity index (χ0n) is 13.6. The van der Waals surface area contributed by atoms with Gasteiger partial charge in [0.05, 0.1) is 6.04 Å². The van der Waals surface area contributed by atoms with Crippen molar-refractivity contribution in [1.82, 2.24) is 25.4 Å². The standard InChI is InChI=1S/C14H27N5O/c1-10(11-18-15-9-19(11)7)16-12(20)17-14(5,6)8-13(2,3)4/h9-10H,8H2,1-7H3,(H2,16,17,20)/t10-/m1/s1. The monoisotopic (exact) mass is 281 g/mol. The first-order chi connectivity index (χ1) is 9.00. The van der Waals surface area contributed by atoms with E-state index in [1.165, 1.54) is 0 Å². The summed E-state index contributed by atoms with van der Waals surface area (Å²) in [5.41, 5.74) is -0.103. The molecule has 1 heterocycles. The van der Waals surface area contributed by atoms with Gasteiger partial charge in [0.25, 0.3) is 0 Å². The molecule has 0 unspecified atom stereocenters. The van der Waals surface area contributed by atoms with E-state index in [-0.39, 0.29) is 23.0 Å². The Morgan fingerprint density at radius 1 is 1.35 bits per heavy atom. The molecule has 6 heteroatoms. The predicted octanol–water partition coefficient (Wildman–Crippen LogP) is 2.39. The van der Waals surface area contributed by atoms with Gasteiger partial charge in [0.1, 0.15) is 6.33 Å². The van der Waals surface area contributed by atoms with Crippen molar-refractivity contribution < 1.29 is 4.79 Å². The minimum absolute atomic E-state index is 0.159. The van der Waals surface area contributed by atoms with Gasteiger partial charge in [0.15, 0.2) is 5.82 Å². The number of aromatic nitrogens is 3. The normalized spacial score (nSPS) is 13.9. The second-order valence-electron chi connectivity index (χ2n) is 7.24. The molecule has 1 atom stereocenters. The van der Waals surface area contributed by atoms with Crippen molar-refractivity contribution in [2.45, 2.75) is 59.5 Å². The Hall–Kier alpha value is -1.59. The van der Waals surface area contributed by atoms with Crippen molar-refractivity contribution in [3.05, 3.63) is 12.2 Å². The number of hydrogen-bond donors (Lipinski definition) is 2. The molecular formula is C14H27N5O. The lowest BCUT2D eigenvalue weighted by Gasteiger charge is -2.33. The van der Waals surface area contributed by atoms with E-state index in [1.54, 1.807) is 10.9 Å². The fourth-order valence-corrected chi connectivity index (χ4v) is 2.66. The average molecular weight is 281 g/mol. The Balaban J connectivity index is 2.57. The van der Waals surface area contributed by atoms with Gasteiger partial charge in [-0.3, -0.25) is 0 Å². The first kappa shape index (κ1) is 16.5. The molecule has 0 bridgehead atoms. The van der Waals surface area contributed by atoms with Crippen molar-refractivity contribution >= 4 is 6.03 Å². The highest BCUT2D eigenvalue weighted by Gasteiger charge is 2.27. The summed E-state index contributed by atoms with van der Waals surface area (Å²) in [4.78, 5) is 12.1. The van der Waals surface area contributed by atoms with Crippen LogP contribution >= 0.6 is 0 Å². The van der Waals surface area contributed by atoms with Crippen molar-refractivity contribution in [2.75, 3.05) is 0 Å². The molecule has 0 spiro atoms. The minimum Gasteiger partial charge on any atom is -0.333 e. The third kappa shape index (κ3) is 5.19. The molecule has 0 aromatic carbocycles. The average Bonchev–Trinajstić information content (AvgIpc) is 2.58. The Morgan fingerprint density at radius 3 is 2.40 bits per heavy atom. The van der Waals surface area contributed by atoms with E-state index in [9.17, 15) is 4.79 Å². The quantitative estimate of drug-likeness (QED) is 0.890. The summed E-state index contributed by atoms with van der Waals surface area (Å²) in [6.45, 7) is 12.4. The van der Waals surface area contributed by atoms with Crippen LogP contribution in [0.4, 0.5) is 4.79 Å². The van der Waals surface area contributed by atoms with Crippen molar-refractivity contribution in [3.63, 3.8) is 0 Å². The lowest BCUT2D eigenvalue weighted by atomic mass is 9.82. The van der Waals surface area contributed by atoms with Gasteiger partial charge in [-0.1, -0.05) is 20.8 Å². The number of rotatable bonds is 4. The molecule has 0 saturated heterocycles. The number of carbonyl (C=O) groups excluding carboxylic acids is 1. The van der Waals surface area contributed by atoms with Crippen LogP contribution in [0.5, 0.6) is 0 Å². The van der Waals surface area contributed by atoms with Crippen LogP contribution in [0.1, 0.15) is 59.8 Å². The number of urea groups is 1. The summed E-state index contributed by atoms with van der Waals surface area (Å²) in [7, 11) is 1.86. The van der Waals surface area contributed by atoms with E-state index in [0.717, 1.165) is 12.2 Å². The molecular weight excluding hydrogens is 254 g/mol. The van der Waals surface area contributed by atoms with E-state index in [4.69, 9.17) is 0 Å². The lowest BCUT2D eigenvalue weighted by molar-refractivity contribution is 0.207. The van der Waals surface area contributed by atoms with Crippen LogP contribution in [0.3, 0.4) is 0 Å². The molecule has 114 valence electrons. The van der Waals surface area contributed by atoms with Crippen LogP contribution in [0.2, 0.25) is 0 Å². The van der Waals surface area contributed by atoms with Gasteiger partial charge in [0.2, 0.25) is 0 Å². The smallest absolute Gasteiger partial charge is 0.315 e. The number of nitrogens with one attached hydrogen (secondary N) is 2. The molecule has 1 aromatic heterocycles. The second-order valence-corrected chi connectivity index (χ2v) is 7.24. The first-order valence-corrected chi connectivity index (χ1v) is 6.93. The van der Waals surface area contributed by atoms with Gasteiger partial charge >= 0.3 is 6.03 Å². The Labute approximate surface area is 121 Å². The molecule has 0 radical (unpaired) electrons. The van der Waals surface area contributed by atoms with Gasteiger partial charge in [0, 0.05) is 12.6 Å². The summed E-state index contributed by atoms with van der Waals surface area (Å²) < 4.78 is 1.80. The van der Waals surface area contributed by atoms with E-state index < -0.39 is 0 Å². The van der Waals surface area contributed by atoms with Gasteiger partial charge in [-0.25, -0.2) is 4.79 Å². The van der Waals surface area contributed by atoms with E-state index in [0.29, 0.717) is 0 Å². The van der Waals surface area contributed by atoms with Crippen LogP contribution in [0, 0.1) is 5.41 Å². The summed E-state index contributed by atoms with van der Waals surface area (Å²) in [5, 5.41) is 13.7. The zero-order chi connectivity index (χ0) is 15.6. The molecule has 1 aromatic rings. The molecule has 2 N–H and O–H groups in total. The molecule has 2 amide bonds. The Bertz CT molecular complexity index is 458. The fraction of sp³-hybridized carbons (Fsp3) is 0.786. The Kier molecular flexibility index (Phi) is 4.78. The third-order valence-corrected chi connectivity index (χ3v) is 2.91. The fourth-order valence-electron chi connectivity index (χ4n) is 2.66. The summed E-state index contributed by atoms with van der Waals surface area (Å²) in [5.74, 6) is 0.730. The molecule has 0 saturated carbocycles. The van der Waals surface area contributed by atoms with Gasteiger partial charge in [-0.05, 0) is 32.6 Å². The summed E-state index contributed by atoms with van der Waals surface area (Å²) in [6, 6.07) is -0.373. The SMILES string of the molecule is C[C@@H](NC(=O)NC(C)(C)CC(C)(C)C)c1nncn1C. The highest BCUT2D eigenvalue weighted by molar-refractivity contribution is 5.75. The molecule has 0 aliphatic heterocycles.